The van der Waals surface area contributed by atoms with E-state index < -0.39 is 12.0 Å². The molecular formula is C6H12NO2. The van der Waals surface area contributed by atoms with Gasteiger partial charge in [-0.05, 0) is 5.92 Å². The average molecular weight is 130 g/mol. The fraction of sp³-hybridized carbons (Fsp3) is 0.667. The van der Waals surface area contributed by atoms with E-state index in [0.29, 0.717) is 0 Å². The summed E-state index contributed by atoms with van der Waals surface area (Å²) in [5.74, 6) is -0.764. The van der Waals surface area contributed by atoms with Crippen LogP contribution in [0.4, 0.5) is 0 Å². The monoisotopic (exact) mass is 130 g/mol. The molecule has 0 rings (SSSR count). The van der Waals surface area contributed by atoms with Crippen LogP contribution >= 0.6 is 0 Å². The summed E-state index contributed by atoms with van der Waals surface area (Å²) >= 11 is 0. The van der Waals surface area contributed by atoms with Gasteiger partial charge in [-0.1, -0.05) is 13.8 Å². The Hall–Kier alpha value is -0.570. The first kappa shape index (κ1) is 8.43. The van der Waals surface area contributed by atoms with Crippen molar-refractivity contribution in [3.63, 3.8) is 0 Å². The summed E-state index contributed by atoms with van der Waals surface area (Å²) < 4.78 is 0. The van der Waals surface area contributed by atoms with Crippen LogP contribution in [0.25, 0.3) is 0 Å². The number of aliphatic carboxylic acids is 1. The Morgan fingerprint density at radius 1 is 1.67 bits per heavy atom. The third-order valence-electron chi connectivity index (χ3n) is 1.15. The van der Waals surface area contributed by atoms with Crippen molar-refractivity contribution in [3.8, 4) is 0 Å². The number of hydrogen-bond donors (Lipinski definition) is 2. The van der Waals surface area contributed by atoms with Crippen LogP contribution in [0.1, 0.15) is 13.8 Å². The second-order valence-corrected chi connectivity index (χ2v) is 2.26. The van der Waals surface area contributed by atoms with Gasteiger partial charge in [-0.2, -0.15) is 0 Å². The third-order valence-corrected chi connectivity index (χ3v) is 1.15. The van der Waals surface area contributed by atoms with Crippen molar-refractivity contribution >= 4 is 5.97 Å². The van der Waals surface area contributed by atoms with Crippen molar-refractivity contribution in [2.24, 2.45) is 5.92 Å². The number of hydrogen-bond acceptors (Lipinski definition) is 2. The largest absolute Gasteiger partial charge is 0.480 e. The van der Waals surface area contributed by atoms with E-state index in [-0.39, 0.29) is 5.92 Å². The highest BCUT2D eigenvalue weighted by molar-refractivity contribution is 5.73. The molecule has 0 bridgehead atoms. The van der Waals surface area contributed by atoms with Crippen LogP contribution in [-0.2, 0) is 4.79 Å². The van der Waals surface area contributed by atoms with Crippen molar-refractivity contribution < 1.29 is 9.90 Å². The highest BCUT2D eigenvalue weighted by atomic mass is 16.4. The lowest BCUT2D eigenvalue weighted by atomic mass is 10.1. The van der Waals surface area contributed by atoms with E-state index in [0.717, 1.165) is 0 Å². The van der Waals surface area contributed by atoms with Gasteiger partial charge in [0.25, 0.3) is 0 Å². The summed E-state index contributed by atoms with van der Waals surface area (Å²) in [5.41, 5.74) is 0. The molecule has 2 N–H and O–H groups in total. The van der Waals surface area contributed by atoms with Crippen molar-refractivity contribution in [1.82, 2.24) is 5.32 Å². The maximum absolute atomic E-state index is 10.3. The van der Waals surface area contributed by atoms with E-state index >= 15 is 0 Å². The molecule has 1 radical (unpaired) electrons. The molecule has 0 aromatic heterocycles. The van der Waals surface area contributed by atoms with Gasteiger partial charge < -0.3 is 10.4 Å². The molecule has 0 aliphatic carbocycles. The van der Waals surface area contributed by atoms with Crippen molar-refractivity contribution in [1.29, 1.82) is 0 Å². The Morgan fingerprint density at radius 3 is 2.11 bits per heavy atom. The molecular weight excluding hydrogens is 118 g/mol. The third kappa shape index (κ3) is 2.46. The minimum atomic E-state index is -0.847. The van der Waals surface area contributed by atoms with E-state index in [1.165, 1.54) is 0 Å². The summed E-state index contributed by atoms with van der Waals surface area (Å²) in [5, 5.41) is 10.9. The number of carbonyl (C=O) groups is 1. The zero-order valence-electron chi connectivity index (χ0n) is 5.72. The quantitative estimate of drug-likeness (QED) is 0.584. The van der Waals surface area contributed by atoms with Crippen molar-refractivity contribution in [2.75, 3.05) is 0 Å². The Kier molecular flexibility index (Phi) is 3.24. The molecule has 0 amide bonds. The molecule has 0 fully saturated rings. The lowest BCUT2D eigenvalue weighted by Gasteiger charge is -2.13. The van der Waals surface area contributed by atoms with Crippen LogP contribution in [-0.4, -0.2) is 17.1 Å². The van der Waals surface area contributed by atoms with Crippen LogP contribution in [0.2, 0.25) is 0 Å². The minimum absolute atomic E-state index is 0.0833. The number of nitrogens with one attached hydrogen (secondary N) is 1. The van der Waals surface area contributed by atoms with Crippen molar-refractivity contribution in [3.05, 3.63) is 7.05 Å². The summed E-state index contributed by atoms with van der Waals surface area (Å²) in [6.45, 7) is 3.66. The molecule has 0 unspecified atom stereocenters. The zero-order valence-corrected chi connectivity index (χ0v) is 5.72. The van der Waals surface area contributed by atoms with Gasteiger partial charge in [0.05, 0.1) is 0 Å². The second-order valence-electron chi connectivity index (χ2n) is 2.26. The standard InChI is InChI=1S/C6H12NO2/c1-4(2)5(7-3)6(8)9/h4-5,7H,3H2,1-2H3,(H,8,9)/t5-/m0/s1. The van der Waals surface area contributed by atoms with Gasteiger partial charge in [0.15, 0.2) is 0 Å². The molecule has 3 heteroatoms. The molecule has 0 saturated carbocycles. The maximum atomic E-state index is 10.3. The van der Waals surface area contributed by atoms with Gasteiger partial charge in [-0.15, -0.1) is 0 Å². The molecule has 1 atom stereocenters. The molecule has 9 heavy (non-hydrogen) atoms. The van der Waals surface area contributed by atoms with E-state index in [2.05, 4.69) is 12.4 Å². The topological polar surface area (TPSA) is 49.3 Å². The minimum Gasteiger partial charge on any atom is -0.480 e. The van der Waals surface area contributed by atoms with Crippen LogP contribution in [0, 0.1) is 13.0 Å². The number of carboxylic acid groups (broad SMARTS) is 1. The molecule has 0 saturated heterocycles. The van der Waals surface area contributed by atoms with Gasteiger partial charge in [0.1, 0.15) is 6.04 Å². The maximum Gasteiger partial charge on any atom is 0.320 e. The molecule has 0 spiro atoms. The zero-order chi connectivity index (χ0) is 7.44. The van der Waals surface area contributed by atoms with Gasteiger partial charge in [-0.25, -0.2) is 0 Å². The normalized spacial score (nSPS) is 13.8. The first-order valence-electron chi connectivity index (χ1n) is 2.85. The lowest BCUT2D eigenvalue weighted by molar-refractivity contribution is -0.140. The van der Waals surface area contributed by atoms with E-state index in [9.17, 15) is 4.79 Å². The van der Waals surface area contributed by atoms with Crippen LogP contribution in [0.15, 0.2) is 0 Å². The summed E-state index contributed by atoms with van der Waals surface area (Å²) in [7, 11) is 3.30. The molecule has 0 aliphatic rings. The molecule has 0 heterocycles. The summed E-state index contributed by atoms with van der Waals surface area (Å²) in [6, 6.07) is -0.523. The number of rotatable bonds is 3. The molecule has 0 aromatic carbocycles. The van der Waals surface area contributed by atoms with Crippen LogP contribution < -0.4 is 5.32 Å². The fourth-order valence-corrected chi connectivity index (χ4v) is 0.608. The molecule has 53 valence electrons. The highest BCUT2D eigenvalue weighted by Crippen LogP contribution is 1.99. The van der Waals surface area contributed by atoms with E-state index in [1.54, 1.807) is 0 Å². The Bertz CT molecular complexity index is 101. The Balaban J connectivity index is 3.83. The number of carboxylic acids is 1. The first-order valence-corrected chi connectivity index (χ1v) is 2.85. The predicted octanol–water partition coefficient (Wildman–Crippen LogP) is 0.477. The van der Waals surface area contributed by atoms with E-state index in [4.69, 9.17) is 5.11 Å². The van der Waals surface area contributed by atoms with Gasteiger partial charge in [-0.3, -0.25) is 4.79 Å². The molecule has 0 aromatic rings. The summed E-state index contributed by atoms with van der Waals surface area (Å²) in [4.78, 5) is 10.3. The van der Waals surface area contributed by atoms with Gasteiger partial charge >= 0.3 is 5.97 Å². The van der Waals surface area contributed by atoms with Gasteiger partial charge in [0, 0.05) is 7.05 Å². The Morgan fingerprint density at radius 2 is 2.11 bits per heavy atom. The predicted molar refractivity (Wildman–Crippen MR) is 34.8 cm³/mol. The molecule has 0 aliphatic heterocycles. The molecule has 3 nitrogen and oxygen atoms in total. The smallest absolute Gasteiger partial charge is 0.320 e. The summed E-state index contributed by atoms with van der Waals surface area (Å²) in [6.07, 6.45) is 0. The lowest BCUT2D eigenvalue weighted by Crippen LogP contribution is -2.37. The average Bonchev–Trinajstić information content (AvgIpc) is 1.64. The van der Waals surface area contributed by atoms with E-state index in [1.807, 2.05) is 13.8 Å². The van der Waals surface area contributed by atoms with Crippen LogP contribution in [0.5, 0.6) is 0 Å². The SMILES string of the molecule is [CH2]N[C@H](C(=O)O)C(C)C. The Labute approximate surface area is 55.1 Å². The highest BCUT2D eigenvalue weighted by Gasteiger charge is 2.17. The van der Waals surface area contributed by atoms with Crippen molar-refractivity contribution in [2.45, 2.75) is 19.9 Å². The fourth-order valence-electron chi connectivity index (χ4n) is 0.608. The first-order chi connectivity index (χ1) is 4.09. The van der Waals surface area contributed by atoms with Gasteiger partial charge in [0.2, 0.25) is 0 Å². The second kappa shape index (κ2) is 3.45. The van der Waals surface area contributed by atoms with Crippen LogP contribution in [0.3, 0.4) is 0 Å².